The average Bonchev–Trinajstić information content (AvgIpc) is 2.01. The lowest BCUT2D eigenvalue weighted by Gasteiger charge is -2.37. The van der Waals surface area contributed by atoms with Crippen molar-refractivity contribution >= 4 is 5.97 Å². The van der Waals surface area contributed by atoms with Crippen LogP contribution in [0.1, 0.15) is 27.2 Å². The van der Waals surface area contributed by atoms with Gasteiger partial charge in [0, 0.05) is 13.1 Å². The third-order valence-electron chi connectivity index (χ3n) is 2.80. The van der Waals surface area contributed by atoms with Crippen LogP contribution in [0.2, 0.25) is 0 Å². The van der Waals surface area contributed by atoms with Crippen molar-refractivity contribution in [2.75, 3.05) is 13.1 Å². The van der Waals surface area contributed by atoms with Crippen LogP contribution in [0.5, 0.6) is 0 Å². The van der Waals surface area contributed by atoms with Gasteiger partial charge < -0.3 is 5.11 Å². The molecule has 13 heavy (non-hydrogen) atoms. The number of carbonyl (C=O) groups is 1. The van der Waals surface area contributed by atoms with E-state index in [1.54, 1.807) is 6.92 Å². The maximum Gasteiger partial charge on any atom is 0.320 e. The molecule has 1 rings (SSSR count). The highest BCUT2D eigenvalue weighted by atomic mass is 16.4. The van der Waals surface area contributed by atoms with E-state index < -0.39 is 5.97 Å². The minimum absolute atomic E-state index is 0.329. The van der Waals surface area contributed by atoms with Gasteiger partial charge in [0.25, 0.3) is 0 Å². The van der Waals surface area contributed by atoms with Gasteiger partial charge in [0.15, 0.2) is 0 Å². The summed E-state index contributed by atoms with van der Waals surface area (Å²) in [6.07, 6.45) is 1.23. The van der Waals surface area contributed by atoms with E-state index in [2.05, 4.69) is 18.7 Å². The number of piperidine rings is 1. The van der Waals surface area contributed by atoms with Crippen molar-refractivity contribution in [1.29, 1.82) is 0 Å². The molecule has 0 radical (unpaired) electrons. The summed E-state index contributed by atoms with van der Waals surface area (Å²) in [5.41, 5.74) is 0. The number of aliphatic carboxylic acids is 1. The number of carboxylic acid groups (broad SMARTS) is 1. The van der Waals surface area contributed by atoms with E-state index in [1.807, 2.05) is 0 Å². The highest BCUT2D eigenvalue weighted by molar-refractivity contribution is 5.72. The molecule has 1 aliphatic rings. The molecule has 1 N–H and O–H groups in total. The third-order valence-corrected chi connectivity index (χ3v) is 2.80. The minimum atomic E-state index is -0.707. The lowest BCUT2D eigenvalue weighted by molar-refractivity contribution is -0.143. The number of hydrogen-bond donors (Lipinski definition) is 1. The molecule has 0 amide bonds. The number of nitrogens with zero attached hydrogens (tertiary/aromatic N) is 1. The highest BCUT2D eigenvalue weighted by Gasteiger charge is 2.28. The monoisotopic (exact) mass is 185 g/mol. The fourth-order valence-electron chi connectivity index (χ4n) is 2.18. The Hall–Kier alpha value is -0.570. The van der Waals surface area contributed by atoms with Crippen LogP contribution in [0.3, 0.4) is 0 Å². The number of carboxylic acids is 1. The number of likely N-dealkylation sites (tertiary alicyclic amines) is 1. The molecular formula is C10H19NO2. The van der Waals surface area contributed by atoms with E-state index in [0.717, 1.165) is 13.1 Å². The van der Waals surface area contributed by atoms with Crippen molar-refractivity contribution < 1.29 is 9.90 Å². The van der Waals surface area contributed by atoms with Crippen molar-refractivity contribution in [2.45, 2.75) is 33.2 Å². The lowest BCUT2D eigenvalue weighted by Crippen LogP contribution is -2.47. The zero-order valence-corrected chi connectivity index (χ0v) is 8.66. The first kappa shape index (κ1) is 10.5. The standard InChI is InChI=1S/C10H19NO2/c1-7-4-8(2)6-11(5-7)9(3)10(12)13/h7-9H,4-6H2,1-3H3,(H,12,13)/t7-,8+,9-/m0/s1. The fourth-order valence-corrected chi connectivity index (χ4v) is 2.18. The predicted octanol–water partition coefficient (Wildman–Crippen LogP) is 1.44. The van der Waals surface area contributed by atoms with Crippen LogP contribution in [-0.4, -0.2) is 35.1 Å². The van der Waals surface area contributed by atoms with Crippen LogP contribution >= 0.6 is 0 Å². The van der Waals surface area contributed by atoms with E-state index >= 15 is 0 Å². The lowest BCUT2D eigenvalue weighted by atomic mass is 9.91. The van der Waals surface area contributed by atoms with Gasteiger partial charge in [-0.1, -0.05) is 13.8 Å². The van der Waals surface area contributed by atoms with Gasteiger partial charge in [0.1, 0.15) is 6.04 Å². The second kappa shape index (κ2) is 4.09. The van der Waals surface area contributed by atoms with Crippen LogP contribution in [0.15, 0.2) is 0 Å². The van der Waals surface area contributed by atoms with E-state index in [4.69, 9.17) is 5.11 Å². The molecule has 0 saturated carbocycles. The molecule has 0 aromatic heterocycles. The Morgan fingerprint density at radius 2 is 1.85 bits per heavy atom. The first-order valence-corrected chi connectivity index (χ1v) is 4.97. The Morgan fingerprint density at radius 3 is 2.23 bits per heavy atom. The molecule has 3 atom stereocenters. The van der Waals surface area contributed by atoms with Crippen LogP contribution < -0.4 is 0 Å². The maximum absolute atomic E-state index is 10.8. The van der Waals surface area contributed by atoms with Crippen LogP contribution in [-0.2, 0) is 4.79 Å². The second-order valence-corrected chi connectivity index (χ2v) is 4.41. The SMILES string of the molecule is C[C@@H]1C[C@H](C)CN([C@@H](C)C(=O)O)C1. The quantitative estimate of drug-likeness (QED) is 0.707. The minimum Gasteiger partial charge on any atom is -0.480 e. The molecule has 1 aliphatic heterocycles. The molecule has 76 valence electrons. The molecule has 0 unspecified atom stereocenters. The summed E-state index contributed by atoms with van der Waals surface area (Å²) >= 11 is 0. The molecular weight excluding hydrogens is 166 g/mol. The molecule has 0 aliphatic carbocycles. The smallest absolute Gasteiger partial charge is 0.320 e. The molecule has 3 nitrogen and oxygen atoms in total. The molecule has 0 bridgehead atoms. The normalized spacial score (nSPS) is 32.8. The molecule has 0 spiro atoms. The van der Waals surface area contributed by atoms with Crippen LogP contribution in [0.4, 0.5) is 0 Å². The van der Waals surface area contributed by atoms with E-state index in [9.17, 15) is 4.79 Å². The third kappa shape index (κ3) is 2.69. The first-order chi connectivity index (χ1) is 6.00. The molecule has 0 aromatic carbocycles. The maximum atomic E-state index is 10.8. The average molecular weight is 185 g/mol. The summed E-state index contributed by atoms with van der Waals surface area (Å²) in [4.78, 5) is 12.8. The summed E-state index contributed by atoms with van der Waals surface area (Å²) in [5, 5.41) is 8.87. The topological polar surface area (TPSA) is 40.5 Å². The fraction of sp³-hybridized carbons (Fsp3) is 0.900. The van der Waals surface area contributed by atoms with Gasteiger partial charge in [0.05, 0.1) is 0 Å². The zero-order chi connectivity index (χ0) is 10.0. The predicted molar refractivity (Wildman–Crippen MR) is 51.6 cm³/mol. The van der Waals surface area contributed by atoms with Gasteiger partial charge in [0.2, 0.25) is 0 Å². The van der Waals surface area contributed by atoms with Gasteiger partial charge >= 0.3 is 5.97 Å². The second-order valence-electron chi connectivity index (χ2n) is 4.41. The van der Waals surface area contributed by atoms with Crippen molar-refractivity contribution in [3.63, 3.8) is 0 Å². The van der Waals surface area contributed by atoms with Crippen molar-refractivity contribution in [3.8, 4) is 0 Å². The first-order valence-electron chi connectivity index (χ1n) is 4.97. The molecule has 1 fully saturated rings. The van der Waals surface area contributed by atoms with Crippen molar-refractivity contribution in [1.82, 2.24) is 4.90 Å². The molecule has 3 heteroatoms. The van der Waals surface area contributed by atoms with Gasteiger partial charge in [-0.2, -0.15) is 0 Å². The summed E-state index contributed by atoms with van der Waals surface area (Å²) in [5.74, 6) is 0.553. The Bertz CT molecular complexity index is 183. The van der Waals surface area contributed by atoms with Crippen molar-refractivity contribution in [3.05, 3.63) is 0 Å². The van der Waals surface area contributed by atoms with E-state index in [1.165, 1.54) is 6.42 Å². The number of rotatable bonds is 2. The number of hydrogen-bond acceptors (Lipinski definition) is 2. The highest BCUT2D eigenvalue weighted by Crippen LogP contribution is 2.22. The molecule has 0 aromatic rings. The van der Waals surface area contributed by atoms with Gasteiger partial charge in [-0.05, 0) is 25.2 Å². The van der Waals surface area contributed by atoms with Gasteiger partial charge in [-0.15, -0.1) is 0 Å². The van der Waals surface area contributed by atoms with E-state index in [0.29, 0.717) is 11.8 Å². The summed E-state index contributed by atoms with van der Waals surface area (Å²) < 4.78 is 0. The largest absolute Gasteiger partial charge is 0.480 e. The Balaban J connectivity index is 2.54. The zero-order valence-electron chi connectivity index (χ0n) is 8.66. The van der Waals surface area contributed by atoms with Crippen LogP contribution in [0, 0.1) is 11.8 Å². The molecule has 1 saturated heterocycles. The van der Waals surface area contributed by atoms with Gasteiger partial charge in [-0.25, -0.2) is 0 Å². The van der Waals surface area contributed by atoms with Crippen molar-refractivity contribution in [2.24, 2.45) is 11.8 Å². The Labute approximate surface area is 79.7 Å². The van der Waals surface area contributed by atoms with Crippen LogP contribution in [0.25, 0.3) is 0 Å². The van der Waals surface area contributed by atoms with Gasteiger partial charge in [-0.3, -0.25) is 9.69 Å². The Kier molecular flexibility index (Phi) is 3.31. The molecule has 1 heterocycles. The summed E-state index contributed by atoms with van der Waals surface area (Å²) in [6, 6.07) is -0.329. The van der Waals surface area contributed by atoms with E-state index in [-0.39, 0.29) is 6.04 Å². The Morgan fingerprint density at radius 1 is 1.38 bits per heavy atom. The summed E-state index contributed by atoms with van der Waals surface area (Å²) in [7, 11) is 0. The summed E-state index contributed by atoms with van der Waals surface area (Å²) in [6.45, 7) is 8.01.